The normalized spacial score (nSPS) is 10.2. The molecule has 1 aromatic carbocycles. The highest BCUT2D eigenvalue weighted by Gasteiger charge is 2.14. The summed E-state index contributed by atoms with van der Waals surface area (Å²) in [5.41, 5.74) is 1.11. The zero-order valence-corrected chi connectivity index (χ0v) is 10.1. The first-order valence-electron chi connectivity index (χ1n) is 5.38. The molecule has 2 rings (SSSR count). The lowest BCUT2D eigenvalue weighted by Gasteiger charge is -2.14. The summed E-state index contributed by atoms with van der Waals surface area (Å²) in [7, 11) is 1.44. The molecule has 1 aromatic heterocycles. The minimum atomic E-state index is -1.05. The van der Waals surface area contributed by atoms with Gasteiger partial charge in [-0.25, -0.2) is 4.68 Å². The van der Waals surface area contributed by atoms with E-state index in [1.807, 2.05) is 0 Å². The van der Waals surface area contributed by atoms with Crippen molar-refractivity contribution in [1.82, 2.24) is 25.1 Å². The third-order valence-electron chi connectivity index (χ3n) is 2.45. The zero-order valence-electron chi connectivity index (χ0n) is 10.1. The molecule has 0 aliphatic carbocycles. The number of tetrazole rings is 1. The maximum absolute atomic E-state index is 11.9. The number of carbonyl (C=O) groups is 2. The number of aromatic nitrogens is 4. The van der Waals surface area contributed by atoms with Crippen molar-refractivity contribution in [1.29, 1.82) is 0 Å². The standard InChI is InChI=1S/C11H11N5O3/c1-15(6-10(17)18)11(19)8-2-4-9(5-3-8)16-7-12-13-14-16/h2-5,7H,6H2,1H3,(H,17,18). The molecule has 0 bridgehead atoms. The van der Waals surface area contributed by atoms with Gasteiger partial charge in [0.15, 0.2) is 0 Å². The van der Waals surface area contributed by atoms with Crippen LogP contribution in [0.15, 0.2) is 30.6 Å². The van der Waals surface area contributed by atoms with Crippen LogP contribution in [-0.2, 0) is 4.79 Å². The van der Waals surface area contributed by atoms with Gasteiger partial charge in [0.2, 0.25) is 0 Å². The SMILES string of the molecule is CN(CC(=O)O)C(=O)c1ccc(-n2cnnn2)cc1. The van der Waals surface area contributed by atoms with Gasteiger partial charge in [0.05, 0.1) is 5.69 Å². The van der Waals surface area contributed by atoms with Gasteiger partial charge in [-0.3, -0.25) is 9.59 Å². The number of likely N-dealkylation sites (N-methyl/N-ethyl adjacent to an activating group) is 1. The van der Waals surface area contributed by atoms with Crippen LogP contribution in [0.2, 0.25) is 0 Å². The minimum absolute atomic E-state index is 0.340. The predicted octanol–water partition coefficient (Wildman–Crippen LogP) is -0.181. The van der Waals surface area contributed by atoms with Crippen LogP contribution >= 0.6 is 0 Å². The molecular formula is C11H11N5O3. The first kappa shape index (κ1) is 12.7. The second-order valence-electron chi connectivity index (χ2n) is 3.86. The highest BCUT2D eigenvalue weighted by molar-refractivity contribution is 5.95. The van der Waals surface area contributed by atoms with Gasteiger partial charge in [0, 0.05) is 12.6 Å². The van der Waals surface area contributed by atoms with Crippen molar-refractivity contribution < 1.29 is 14.7 Å². The molecule has 0 spiro atoms. The molecule has 0 atom stereocenters. The molecule has 0 fully saturated rings. The Balaban J connectivity index is 2.14. The molecule has 0 saturated heterocycles. The maximum Gasteiger partial charge on any atom is 0.323 e. The van der Waals surface area contributed by atoms with Crippen LogP contribution in [0.1, 0.15) is 10.4 Å². The van der Waals surface area contributed by atoms with Crippen LogP contribution in [0.4, 0.5) is 0 Å². The smallest absolute Gasteiger partial charge is 0.323 e. The van der Waals surface area contributed by atoms with Crippen molar-refractivity contribution in [2.24, 2.45) is 0 Å². The van der Waals surface area contributed by atoms with Gasteiger partial charge in [0.1, 0.15) is 12.9 Å². The van der Waals surface area contributed by atoms with E-state index in [9.17, 15) is 9.59 Å². The molecule has 0 radical (unpaired) electrons. The molecule has 1 heterocycles. The van der Waals surface area contributed by atoms with Crippen molar-refractivity contribution in [2.75, 3.05) is 13.6 Å². The molecule has 98 valence electrons. The number of aliphatic carboxylic acids is 1. The maximum atomic E-state index is 11.9. The van der Waals surface area contributed by atoms with Crippen molar-refractivity contribution >= 4 is 11.9 Å². The van der Waals surface area contributed by atoms with Crippen LogP contribution < -0.4 is 0 Å². The molecule has 1 amide bonds. The number of benzene rings is 1. The molecule has 8 nitrogen and oxygen atoms in total. The highest BCUT2D eigenvalue weighted by atomic mass is 16.4. The van der Waals surface area contributed by atoms with E-state index in [0.29, 0.717) is 11.3 Å². The van der Waals surface area contributed by atoms with Gasteiger partial charge in [0.25, 0.3) is 5.91 Å². The third kappa shape index (κ3) is 2.92. The Morgan fingerprint density at radius 3 is 2.53 bits per heavy atom. The highest BCUT2D eigenvalue weighted by Crippen LogP contribution is 2.09. The number of amides is 1. The Morgan fingerprint density at radius 1 is 1.32 bits per heavy atom. The molecule has 0 aliphatic heterocycles. The molecule has 0 unspecified atom stereocenters. The number of carboxylic acid groups (broad SMARTS) is 1. The molecule has 0 saturated carbocycles. The Labute approximate surface area is 108 Å². The Morgan fingerprint density at radius 2 is 2.00 bits per heavy atom. The second kappa shape index (κ2) is 5.25. The van der Waals surface area contributed by atoms with Gasteiger partial charge >= 0.3 is 5.97 Å². The Bertz CT molecular complexity index is 579. The van der Waals surface area contributed by atoms with Crippen LogP contribution in [0.5, 0.6) is 0 Å². The van der Waals surface area contributed by atoms with E-state index in [1.165, 1.54) is 18.1 Å². The number of carboxylic acids is 1. The zero-order chi connectivity index (χ0) is 13.8. The van der Waals surface area contributed by atoms with E-state index in [4.69, 9.17) is 5.11 Å². The Hall–Kier alpha value is -2.77. The van der Waals surface area contributed by atoms with Gasteiger partial charge in [-0.2, -0.15) is 0 Å². The lowest BCUT2D eigenvalue weighted by Crippen LogP contribution is -2.31. The van der Waals surface area contributed by atoms with Crippen LogP contribution in [-0.4, -0.2) is 55.7 Å². The largest absolute Gasteiger partial charge is 0.480 e. The Kier molecular flexibility index (Phi) is 3.51. The van der Waals surface area contributed by atoms with Gasteiger partial charge in [-0.1, -0.05) is 0 Å². The summed E-state index contributed by atoms with van der Waals surface area (Å²) < 4.78 is 1.45. The fourth-order valence-corrected chi connectivity index (χ4v) is 1.53. The average Bonchev–Trinajstić information content (AvgIpc) is 2.91. The van der Waals surface area contributed by atoms with Crippen molar-refractivity contribution in [3.63, 3.8) is 0 Å². The topological polar surface area (TPSA) is 101 Å². The lowest BCUT2D eigenvalue weighted by molar-refractivity contribution is -0.137. The average molecular weight is 261 g/mol. The van der Waals surface area contributed by atoms with Gasteiger partial charge < -0.3 is 10.0 Å². The summed E-state index contributed by atoms with van der Waals surface area (Å²) in [6.07, 6.45) is 1.44. The number of hydrogen-bond acceptors (Lipinski definition) is 5. The summed E-state index contributed by atoms with van der Waals surface area (Å²) >= 11 is 0. The van der Waals surface area contributed by atoms with E-state index in [1.54, 1.807) is 24.3 Å². The summed E-state index contributed by atoms with van der Waals surface area (Å²) in [6, 6.07) is 6.55. The van der Waals surface area contributed by atoms with Crippen molar-refractivity contribution in [3.8, 4) is 5.69 Å². The van der Waals surface area contributed by atoms with Crippen LogP contribution in [0, 0.1) is 0 Å². The van der Waals surface area contributed by atoms with Crippen LogP contribution in [0.25, 0.3) is 5.69 Å². The van der Waals surface area contributed by atoms with E-state index < -0.39 is 5.97 Å². The number of nitrogens with zero attached hydrogens (tertiary/aromatic N) is 5. The molecule has 2 aromatic rings. The first-order valence-corrected chi connectivity index (χ1v) is 5.38. The van der Waals surface area contributed by atoms with E-state index in [0.717, 1.165) is 4.90 Å². The first-order chi connectivity index (χ1) is 9.08. The molecule has 0 aliphatic rings. The number of carbonyl (C=O) groups excluding carboxylic acids is 1. The van der Waals surface area contributed by atoms with Crippen LogP contribution in [0.3, 0.4) is 0 Å². The minimum Gasteiger partial charge on any atom is -0.480 e. The summed E-state index contributed by atoms with van der Waals surface area (Å²) in [4.78, 5) is 23.6. The second-order valence-corrected chi connectivity index (χ2v) is 3.86. The van der Waals surface area contributed by atoms with Crippen molar-refractivity contribution in [2.45, 2.75) is 0 Å². The monoisotopic (exact) mass is 261 g/mol. The molecule has 8 heteroatoms. The third-order valence-corrected chi connectivity index (χ3v) is 2.45. The van der Waals surface area contributed by atoms with Gasteiger partial charge in [-0.15, -0.1) is 5.10 Å². The van der Waals surface area contributed by atoms with E-state index >= 15 is 0 Å². The van der Waals surface area contributed by atoms with Crippen molar-refractivity contribution in [3.05, 3.63) is 36.2 Å². The predicted molar refractivity (Wildman–Crippen MR) is 63.8 cm³/mol. The number of rotatable bonds is 4. The lowest BCUT2D eigenvalue weighted by atomic mass is 10.2. The molecular weight excluding hydrogens is 250 g/mol. The van der Waals surface area contributed by atoms with E-state index in [2.05, 4.69) is 15.5 Å². The fourth-order valence-electron chi connectivity index (χ4n) is 1.53. The molecule has 1 N–H and O–H groups in total. The molecule has 19 heavy (non-hydrogen) atoms. The van der Waals surface area contributed by atoms with E-state index in [-0.39, 0.29) is 12.5 Å². The fraction of sp³-hybridized carbons (Fsp3) is 0.182. The quantitative estimate of drug-likeness (QED) is 0.819. The number of hydrogen-bond donors (Lipinski definition) is 1. The summed E-state index contributed by atoms with van der Waals surface area (Å²) in [6.45, 7) is -0.340. The summed E-state index contributed by atoms with van der Waals surface area (Å²) in [5.74, 6) is -1.41. The van der Waals surface area contributed by atoms with Gasteiger partial charge in [-0.05, 0) is 34.7 Å². The summed E-state index contributed by atoms with van der Waals surface area (Å²) in [5, 5.41) is 19.4.